The molecule has 1 N–H and O–H groups in total. The number of hydrogen-bond donors (Lipinski definition) is 1. The molecule has 5 aliphatic rings. The van der Waals surface area contributed by atoms with Crippen LogP contribution in [0.3, 0.4) is 0 Å². The van der Waals surface area contributed by atoms with Crippen molar-refractivity contribution in [1.82, 2.24) is 5.32 Å². The molecule has 6 rings (SSSR count). The highest BCUT2D eigenvalue weighted by Crippen LogP contribution is 2.72. The molecule has 7 atom stereocenters. The Hall–Kier alpha value is -1.43. The lowest BCUT2D eigenvalue weighted by Gasteiger charge is -2.67. The Kier molecular flexibility index (Phi) is 7.13. The van der Waals surface area contributed by atoms with Gasteiger partial charge in [0.2, 0.25) is 0 Å². The third-order valence-electron chi connectivity index (χ3n) is 13.8. The fourth-order valence-corrected chi connectivity index (χ4v) is 11.8. The monoisotopic (exact) mass is 593 g/mol. The molecule has 4 nitrogen and oxygen atoms in total. The first-order chi connectivity index (χ1) is 19.5. The molecule has 1 aromatic rings. The highest BCUT2D eigenvalue weighted by atomic mass is 32.2. The van der Waals surface area contributed by atoms with Crippen molar-refractivity contribution in [2.75, 3.05) is 13.2 Å². The minimum atomic E-state index is -3.79. The van der Waals surface area contributed by atoms with Gasteiger partial charge in [0.15, 0.2) is 0 Å². The Labute approximate surface area is 256 Å². The molecule has 1 aliphatic heterocycles. The highest BCUT2D eigenvalue weighted by molar-refractivity contribution is 7.86. The molecule has 1 heterocycles. The molecule has 4 aliphatic carbocycles. The Morgan fingerprint density at radius 1 is 0.905 bits per heavy atom. The Morgan fingerprint density at radius 3 is 2.31 bits per heavy atom. The first kappa shape index (κ1) is 30.6. The molecule has 1 saturated heterocycles. The molecule has 0 amide bonds. The smallest absolute Gasteiger partial charge is 0.296 e. The van der Waals surface area contributed by atoms with Gasteiger partial charge in [-0.3, -0.25) is 4.18 Å². The fourth-order valence-electron chi connectivity index (χ4n) is 10.8. The Morgan fingerprint density at radius 2 is 1.60 bits per heavy atom. The Balaban J connectivity index is 1.34. The van der Waals surface area contributed by atoms with Gasteiger partial charge in [-0.25, -0.2) is 0 Å². The summed E-state index contributed by atoms with van der Waals surface area (Å²) in [6.45, 7) is 20.8. The van der Waals surface area contributed by atoms with E-state index in [9.17, 15) is 8.42 Å². The van der Waals surface area contributed by atoms with Crippen LogP contribution < -0.4 is 5.32 Å². The molecule has 0 radical (unpaired) electrons. The van der Waals surface area contributed by atoms with Crippen LogP contribution in [0, 0.1) is 45.8 Å². The molecular weight excluding hydrogens is 538 g/mol. The molecule has 0 aromatic heterocycles. The molecule has 2 saturated carbocycles. The molecule has 0 spiro atoms. The van der Waals surface area contributed by atoms with E-state index >= 15 is 0 Å². The van der Waals surface area contributed by atoms with Crippen LogP contribution in [0.4, 0.5) is 0 Å². The highest BCUT2D eigenvalue weighted by Gasteiger charge is 2.65. The summed E-state index contributed by atoms with van der Waals surface area (Å²) in [5.74, 6) is 1.24. The number of benzene rings is 1. The SMILES string of the molecule is Cc1ccc(S(=O)(=O)OC[C@@]2(C)CC[C@]3(C)CC[C@]4(C)C(=C3C2)C=C[C@@H]2[C@@]3(C)CCCNC(C)(C)[C@@H]3CC[C@]24C)cc1. The molecular formula is C37H55NO3S. The van der Waals surface area contributed by atoms with Gasteiger partial charge < -0.3 is 5.32 Å². The van der Waals surface area contributed by atoms with Crippen molar-refractivity contribution >= 4 is 10.1 Å². The zero-order valence-corrected chi connectivity index (χ0v) is 28.3. The van der Waals surface area contributed by atoms with E-state index in [1.54, 1.807) is 23.3 Å². The van der Waals surface area contributed by atoms with Crippen LogP contribution >= 0.6 is 0 Å². The second-order valence-corrected chi connectivity index (χ2v) is 18.5. The minimum Gasteiger partial charge on any atom is -0.311 e. The van der Waals surface area contributed by atoms with E-state index in [0.29, 0.717) is 11.8 Å². The zero-order chi connectivity index (χ0) is 30.4. The molecule has 0 bridgehead atoms. The number of aryl methyl sites for hydroxylation is 1. The maximum Gasteiger partial charge on any atom is 0.296 e. The van der Waals surface area contributed by atoms with Gasteiger partial charge in [0.1, 0.15) is 0 Å². The summed E-state index contributed by atoms with van der Waals surface area (Å²) in [4.78, 5) is 0.250. The molecule has 1 aromatic carbocycles. The zero-order valence-electron chi connectivity index (χ0n) is 27.5. The van der Waals surface area contributed by atoms with Gasteiger partial charge in [0, 0.05) is 5.54 Å². The lowest BCUT2D eigenvalue weighted by atomic mass is 9.37. The van der Waals surface area contributed by atoms with Crippen LogP contribution in [0.2, 0.25) is 0 Å². The maximum absolute atomic E-state index is 13.1. The summed E-state index contributed by atoms with van der Waals surface area (Å²) < 4.78 is 32.0. The van der Waals surface area contributed by atoms with Gasteiger partial charge in [0.25, 0.3) is 10.1 Å². The van der Waals surface area contributed by atoms with Crippen molar-refractivity contribution in [3.63, 3.8) is 0 Å². The summed E-state index contributed by atoms with van der Waals surface area (Å²) in [6.07, 6.45) is 15.8. The second-order valence-electron chi connectivity index (χ2n) is 16.9. The number of hydrogen-bond acceptors (Lipinski definition) is 4. The quantitative estimate of drug-likeness (QED) is 0.355. The number of fused-ring (bicyclic) bond motifs is 6. The predicted molar refractivity (Wildman–Crippen MR) is 172 cm³/mol. The molecule has 3 fully saturated rings. The van der Waals surface area contributed by atoms with Crippen LogP contribution in [0.25, 0.3) is 0 Å². The van der Waals surface area contributed by atoms with Gasteiger partial charge in [-0.15, -0.1) is 0 Å². The fraction of sp³-hybridized carbons (Fsp3) is 0.730. The summed E-state index contributed by atoms with van der Waals surface area (Å²) in [7, 11) is -3.79. The standard InChI is InChI=1S/C37H55NO3S/c1-26-10-12-27(13-11-26)42(39,40)41-25-33(4)19-20-34(5)21-22-36(7)28(29(34)24-33)14-15-31-35(6)17-9-23-38-32(2,3)30(35)16-18-37(31,36)8/h10-15,30-31,38H,9,16-25H2,1-8H3/t30-,31+,33-,34+,35-,36+,37+/m0/s1. The van der Waals surface area contributed by atoms with Gasteiger partial charge in [-0.1, -0.05) is 70.0 Å². The van der Waals surface area contributed by atoms with Crippen molar-refractivity contribution in [2.45, 2.75) is 124 Å². The van der Waals surface area contributed by atoms with Crippen molar-refractivity contribution < 1.29 is 12.6 Å². The number of allylic oxidation sites excluding steroid dienone is 4. The van der Waals surface area contributed by atoms with E-state index in [4.69, 9.17) is 4.18 Å². The minimum absolute atomic E-state index is 0.131. The van der Waals surface area contributed by atoms with Gasteiger partial charge in [0.05, 0.1) is 11.5 Å². The number of rotatable bonds is 4. The topological polar surface area (TPSA) is 55.4 Å². The van der Waals surface area contributed by atoms with Crippen LogP contribution in [-0.4, -0.2) is 27.1 Å². The first-order valence-electron chi connectivity index (χ1n) is 16.6. The largest absolute Gasteiger partial charge is 0.311 e. The lowest BCUT2D eigenvalue weighted by molar-refractivity contribution is -0.119. The normalized spacial score (nSPS) is 43.0. The predicted octanol–water partition coefficient (Wildman–Crippen LogP) is 8.76. The van der Waals surface area contributed by atoms with Gasteiger partial charge in [-0.05, 0) is 142 Å². The molecule has 42 heavy (non-hydrogen) atoms. The summed E-state index contributed by atoms with van der Waals surface area (Å²) >= 11 is 0. The van der Waals surface area contributed by atoms with E-state index in [-0.39, 0.29) is 44.1 Å². The van der Waals surface area contributed by atoms with Crippen LogP contribution in [-0.2, 0) is 14.3 Å². The van der Waals surface area contributed by atoms with Gasteiger partial charge in [-0.2, -0.15) is 8.42 Å². The van der Waals surface area contributed by atoms with E-state index in [2.05, 4.69) is 65.9 Å². The van der Waals surface area contributed by atoms with E-state index in [0.717, 1.165) is 31.4 Å². The lowest BCUT2D eigenvalue weighted by Crippen LogP contribution is -2.62. The molecule has 232 valence electrons. The summed E-state index contributed by atoms with van der Waals surface area (Å²) in [6, 6.07) is 6.99. The average molecular weight is 594 g/mol. The second kappa shape index (κ2) is 9.78. The molecule has 0 unspecified atom stereocenters. The van der Waals surface area contributed by atoms with Gasteiger partial charge >= 0.3 is 0 Å². The van der Waals surface area contributed by atoms with Crippen molar-refractivity contribution in [3.05, 3.63) is 53.1 Å². The summed E-state index contributed by atoms with van der Waals surface area (Å²) in [5.41, 5.74) is 4.99. The Bertz CT molecular complexity index is 1410. The van der Waals surface area contributed by atoms with Crippen LogP contribution in [0.15, 0.2) is 52.5 Å². The molecule has 5 heteroatoms. The third kappa shape index (κ3) is 4.53. The van der Waals surface area contributed by atoms with Crippen molar-refractivity contribution in [2.24, 2.45) is 38.9 Å². The third-order valence-corrected chi connectivity index (χ3v) is 15.1. The van der Waals surface area contributed by atoms with Crippen LogP contribution in [0.5, 0.6) is 0 Å². The van der Waals surface area contributed by atoms with Crippen molar-refractivity contribution in [1.29, 1.82) is 0 Å². The average Bonchev–Trinajstić information content (AvgIpc) is 3.04. The first-order valence-corrected chi connectivity index (χ1v) is 18.0. The van der Waals surface area contributed by atoms with Crippen molar-refractivity contribution in [3.8, 4) is 0 Å². The van der Waals surface area contributed by atoms with E-state index in [1.165, 1.54) is 38.5 Å². The van der Waals surface area contributed by atoms with Crippen LogP contribution in [0.1, 0.15) is 112 Å². The van der Waals surface area contributed by atoms with E-state index < -0.39 is 10.1 Å². The number of nitrogens with one attached hydrogen (secondary N) is 1. The van der Waals surface area contributed by atoms with E-state index in [1.807, 2.05) is 19.1 Å². The summed E-state index contributed by atoms with van der Waals surface area (Å²) in [5, 5.41) is 3.92. The maximum atomic E-state index is 13.1.